The van der Waals surface area contributed by atoms with Crippen molar-refractivity contribution < 1.29 is 0 Å². The van der Waals surface area contributed by atoms with Crippen LogP contribution in [0.4, 0.5) is 11.5 Å². The van der Waals surface area contributed by atoms with Crippen LogP contribution in [0.3, 0.4) is 0 Å². The zero-order chi connectivity index (χ0) is 13.5. The zero-order valence-corrected chi connectivity index (χ0v) is 11.2. The van der Waals surface area contributed by atoms with Crippen molar-refractivity contribution in [2.75, 3.05) is 11.4 Å². The molecule has 0 bridgehead atoms. The molecule has 20 heavy (non-hydrogen) atoms. The first-order chi connectivity index (χ1) is 9.84. The molecule has 6 nitrogen and oxygen atoms in total. The van der Waals surface area contributed by atoms with Crippen molar-refractivity contribution in [2.45, 2.75) is 12.8 Å². The van der Waals surface area contributed by atoms with Crippen molar-refractivity contribution in [2.24, 2.45) is 7.05 Å². The Morgan fingerprint density at radius 1 is 1.15 bits per heavy atom. The lowest BCUT2D eigenvalue weighted by Crippen LogP contribution is -2.25. The van der Waals surface area contributed by atoms with Crippen molar-refractivity contribution in [1.82, 2.24) is 25.0 Å². The van der Waals surface area contributed by atoms with Crippen molar-refractivity contribution >= 4 is 22.7 Å². The second kappa shape index (κ2) is 4.26. The van der Waals surface area contributed by atoms with Crippen LogP contribution in [0.25, 0.3) is 11.2 Å². The highest BCUT2D eigenvalue weighted by atomic mass is 15.4. The van der Waals surface area contributed by atoms with Gasteiger partial charge in [-0.05, 0) is 24.5 Å². The smallest absolute Gasteiger partial charge is 0.183 e. The number of para-hydroxylation sites is 1. The molecule has 0 unspecified atom stereocenters. The predicted octanol–water partition coefficient (Wildman–Crippen LogP) is 1.84. The number of nitrogens with zero attached hydrogens (tertiary/aromatic N) is 6. The number of aromatic nitrogens is 5. The number of rotatable bonds is 1. The maximum atomic E-state index is 4.44. The molecule has 0 atom stereocenters. The average molecular weight is 266 g/mol. The van der Waals surface area contributed by atoms with E-state index in [1.807, 2.05) is 7.05 Å². The fraction of sp³-hybridized carbons (Fsp3) is 0.286. The summed E-state index contributed by atoms with van der Waals surface area (Å²) in [7, 11) is 1.84. The molecule has 0 N–H and O–H groups in total. The summed E-state index contributed by atoms with van der Waals surface area (Å²) in [5, 5.41) is 8.26. The summed E-state index contributed by atoms with van der Waals surface area (Å²) >= 11 is 0. The first kappa shape index (κ1) is 11.3. The highest BCUT2D eigenvalue weighted by Gasteiger charge is 2.22. The molecular formula is C14H14N6. The maximum Gasteiger partial charge on any atom is 0.183 e. The molecule has 3 aromatic rings. The largest absolute Gasteiger partial charge is 0.324 e. The first-order valence-electron chi connectivity index (χ1n) is 6.70. The van der Waals surface area contributed by atoms with E-state index < -0.39 is 0 Å². The lowest BCUT2D eigenvalue weighted by Gasteiger charge is -2.30. The Hall–Kier alpha value is -2.50. The molecule has 3 heterocycles. The molecule has 0 amide bonds. The van der Waals surface area contributed by atoms with Crippen LogP contribution in [0.5, 0.6) is 0 Å². The molecule has 0 saturated carbocycles. The van der Waals surface area contributed by atoms with Crippen LogP contribution in [0.2, 0.25) is 0 Å². The maximum absolute atomic E-state index is 4.44. The Bertz CT molecular complexity index is 778. The number of benzene rings is 1. The van der Waals surface area contributed by atoms with E-state index in [4.69, 9.17) is 0 Å². The molecule has 1 aliphatic rings. The van der Waals surface area contributed by atoms with E-state index in [1.54, 1.807) is 11.0 Å². The quantitative estimate of drug-likeness (QED) is 0.672. The van der Waals surface area contributed by atoms with Crippen molar-refractivity contribution in [3.05, 3.63) is 36.2 Å². The van der Waals surface area contributed by atoms with Gasteiger partial charge in [-0.2, -0.15) is 0 Å². The van der Waals surface area contributed by atoms with Gasteiger partial charge < -0.3 is 4.90 Å². The Morgan fingerprint density at radius 2 is 2.05 bits per heavy atom. The van der Waals surface area contributed by atoms with Crippen LogP contribution in [0.1, 0.15) is 12.0 Å². The minimum absolute atomic E-state index is 0.756. The van der Waals surface area contributed by atoms with E-state index in [0.717, 1.165) is 36.4 Å². The SMILES string of the molecule is Cn1nnc2c(N3CCCc4ccccc43)ncnc21. The molecule has 1 aliphatic heterocycles. The summed E-state index contributed by atoms with van der Waals surface area (Å²) in [6.07, 6.45) is 3.81. The molecule has 0 radical (unpaired) electrons. The summed E-state index contributed by atoms with van der Waals surface area (Å²) in [4.78, 5) is 10.9. The van der Waals surface area contributed by atoms with Gasteiger partial charge in [0.05, 0.1) is 0 Å². The minimum atomic E-state index is 0.756. The molecule has 1 aromatic carbocycles. The van der Waals surface area contributed by atoms with Gasteiger partial charge >= 0.3 is 0 Å². The van der Waals surface area contributed by atoms with Gasteiger partial charge in [0.1, 0.15) is 6.33 Å². The van der Waals surface area contributed by atoms with Gasteiger partial charge in [-0.25, -0.2) is 14.6 Å². The van der Waals surface area contributed by atoms with Gasteiger partial charge in [0.2, 0.25) is 0 Å². The number of hydrogen-bond acceptors (Lipinski definition) is 5. The third kappa shape index (κ3) is 1.57. The minimum Gasteiger partial charge on any atom is -0.324 e. The molecular weight excluding hydrogens is 252 g/mol. The second-order valence-electron chi connectivity index (χ2n) is 4.97. The number of fused-ring (bicyclic) bond motifs is 2. The van der Waals surface area contributed by atoms with E-state index in [2.05, 4.69) is 49.4 Å². The van der Waals surface area contributed by atoms with Crippen LogP contribution in [-0.2, 0) is 13.5 Å². The van der Waals surface area contributed by atoms with E-state index in [-0.39, 0.29) is 0 Å². The van der Waals surface area contributed by atoms with Crippen molar-refractivity contribution in [3.63, 3.8) is 0 Å². The lowest BCUT2D eigenvalue weighted by molar-refractivity contribution is 0.729. The highest BCUT2D eigenvalue weighted by Crippen LogP contribution is 2.34. The third-order valence-electron chi connectivity index (χ3n) is 3.73. The summed E-state index contributed by atoms with van der Waals surface area (Å²) in [5.41, 5.74) is 4.09. The zero-order valence-electron chi connectivity index (χ0n) is 11.2. The van der Waals surface area contributed by atoms with Gasteiger partial charge in [-0.1, -0.05) is 23.4 Å². The van der Waals surface area contributed by atoms with Crippen LogP contribution >= 0.6 is 0 Å². The van der Waals surface area contributed by atoms with E-state index >= 15 is 0 Å². The summed E-state index contributed by atoms with van der Waals surface area (Å²) in [6.45, 7) is 0.944. The highest BCUT2D eigenvalue weighted by molar-refractivity contribution is 5.86. The number of hydrogen-bond donors (Lipinski definition) is 0. The number of anilines is 2. The van der Waals surface area contributed by atoms with Gasteiger partial charge in [0, 0.05) is 19.3 Å². The van der Waals surface area contributed by atoms with Crippen molar-refractivity contribution in [1.29, 1.82) is 0 Å². The molecule has 0 aliphatic carbocycles. The Morgan fingerprint density at radius 3 is 3.00 bits per heavy atom. The number of aryl methyl sites for hydroxylation is 2. The first-order valence-corrected chi connectivity index (χ1v) is 6.70. The van der Waals surface area contributed by atoms with E-state index in [9.17, 15) is 0 Å². The lowest BCUT2D eigenvalue weighted by atomic mass is 10.0. The van der Waals surface area contributed by atoms with Gasteiger partial charge in [-0.3, -0.25) is 0 Å². The fourth-order valence-electron chi connectivity index (χ4n) is 2.79. The van der Waals surface area contributed by atoms with E-state index in [1.165, 1.54) is 11.3 Å². The monoisotopic (exact) mass is 266 g/mol. The summed E-state index contributed by atoms with van der Waals surface area (Å²) in [6, 6.07) is 8.46. The van der Waals surface area contributed by atoms with Crippen LogP contribution in [0, 0.1) is 0 Å². The molecule has 100 valence electrons. The summed E-state index contributed by atoms with van der Waals surface area (Å²) in [5.74, 6) is 0.843. The summed E-state index contributed by atoms with van der Waals surface area (Å²) < 4.78 is 1.68. The third-order valence-corrected chi connectivity index (χ3v) is 3.73. The molecule has 0 spiro atoms. The van der Waals surface area contributed by atoms with Crippen LogP contribution in [-0.4, -0.2) is 31.5 Å². The van der Waals surface area contributed by atoms with Gasteiger partial charge in [-0.15, -0.1) is 5.10 Å². The van der Waals surface area contributed by atoms with Crippen LogP contribution in [0.15, 0.2) is 30.6 Å². The molecule has 0 saturated heterocycles. The fourth-order valence-corrected chi connectivity index (χ4v) is 2.79. The normalized spacial score (nSPS) is 14.6. The second-order valence-corrected chi connectivity index (χ2v) is 4.97. The van der Waals surface area contributed by atoms with Crippen LogP contribution < -0.4 is 4.90 Å². The molecule has 0 fully saturated rings. The van der Waals surface area contributed by atoms with Gasteiger partial charge in [0.15, 0.2) is 17.0 Å². The predicted molar refractivity (Wildman–Crippen MR) is 75.9 cm³/mol. The van der Waals surface area contributed by atoms with Crippen molar-refractivity contribution in [3.8, 4) is 0 Å². The standard InChI is InChI=1S/C14H14N6/c1-19-13-12(17-18-19)14(16-9-15-13)20-8-4-6-10-5-2-3-7-11(10)20/h2-3,5,7,9H,4,6,8H2,1H3. The average Bonchev–Trinajstić information content (AvgIpc) is 2.88. The molecule has 4 rings (SSSR count). The topological polar surface area (TPSA) is 59.7 Å². The molecule has 2 aromatic heterocycles. The van der Waals surface area contributed by atoms with E-state index in [0.29, 0.717) is 0 Å². The Labute approximate surface area is 116 Å². The Kier molecular flexibility index (Phi) is 2.42. The molecule has 6 heteroatoms. The van der Waals surface area contributed by atoms with Gasteiger partial charge in [0.25, 0.3) is 0 Å². The Balaban J connectivity index is 1.92.